The highest BCUT2D eigenvalue weighted by Gasteiger charge is 2.36. The predicted molar refractivity (Wildman–Crippen MR) is 95.3 cm³/mol. The van der Waals surface area contributed by atoms with Crippen molar-refractivity contribution in [1.29, 1.82) is 0 Å². The number of nitrogens with zero attached hydrogens (tertiary/aromatic N) is 6. The minimum Gasteiger partial charge on any atom is -0.350 e. The minimum atomic E-state index is 0.00483. The zero-order chi connectivity index (χ0) is 17.2. The first-order chi connectivity index (χ1) is 12.2. The fraction of sp³-hybridized carbons (Fsp3) is 0.556. The van der Waals surface area contributed by atoms with E-state index in [0.717, 1.165) is 37.3 Å². The molecule has 7 heteroatoms. The molecule has 1 saturated heterocycles. The van der Waals surface area contributed by atoms with E-state index in [-0.39, 0.29) is 5.56 Å². The fourth-order valence-corrected chi connectivity index (χ4v) is 3.73. The highest BCUT2D eigenvalue weighted by atomic mass is 16.1. The fourth-order valence-electron chi connectivity index (χ4n) is 3.73. The molecule has 0 bridgehead atoms. The van der Waals surface area contributed by atoms with Gasteiger partial charge in [-0.1, -0.05) is 0 Å². The summed E-state index contributed by atoms with van der Waals surface area (Å²) in [6.45, 7) is 2.72. The third-order valence-electron chi connectivity index (χ3n) is 5.20. The third-order valence-corrected chi connectivity index (χ3v) is 5.20. The zero-order valence-electron chi connectivity index (χ0n) is 14.6. The Hall–Kier alpha value is -2.28. The van der Waals surface area contributed by atoms with Gasteiger partial charge in [-0.3, -0.25) is 9.69 Å². The van der Waals surface area contributed by atoms with Crippen LogP contribution in [0.25, 0.3) is 0 Å². The summed E-state index contributed by atoms with van der Waals surface area (Å²) >= 11 is 0. The second-order valence-corrected chi connectivity index (χ2v) is 7.00. The summed E-state index contributed by atoms with van der Waals surface area (Å²) in [4.78, 5) is 25.5. The van der Waals surface area contributed by atoms with Crippen LogP contribution in [0, 0.1) is 0 Å². The maximum Gasteiger partial charge on any atom is 0.270 e. The molecular weight excluding hydrogens is 316 g/mol. The standard InChI is InChI=1S/C18H24N6O/c1-22-18(25)14(4-9-21-22)12-23-10-6-16(7-11-23)24(15-2-3-15)17-5-8-19-13-20-17/h4-5,8-9,13,15-16H,2-3,6-7,10-12H2,1H3. The molecule has 2 fully saturated rings. The lowest BCUT2D eigenvalue weighted by molar-refractivity contribution is 0.199. The Morgan fingerprint density at radius 1 is 1.12 bits per heavy atom. The summed E-state index contributed by atoms with van der Waals surface area (Å²) in [6.07, 6.45) is 9.89. The summed E-state index contributed by atoms with van der Waals surface area (Å²) in [7, 11) is 1.70. The molecular formula is C18H24N6O. The molecule has 0 N–H and O–H groups in total. The van der Waals surface area contributed by atoms with Gasteiger partial charge in [0.25, 0.3) is 5.56 Å². The van der Waals surface area contributed by atoms with Gasteiger partial charge in [-0.25, -0.2) is 14.6 Å². The number of likely N-dealkylation sites (tertiary alicyclic amines) is 1. The molecule has 1 aliphatic heterocycles. The van der Waals surface area contributed by atoms with Gasteiger partial charge in [0.15, 0.2) is 0 Å². The van der Waals surface area contributed by atoms with E-state index in [0.29, 0.717) is 18.6 Å². The van der Waals surface area contributed by atoms with Crippen molar-refractivity contribution < 1.29 is 0 Å². The van der Waals surface area contributed by atoms with Gasteiger partial charge in [-0.2, -0.15) is 5.10 Å². The molecule has 0 unspecified atom stereocenters. The van der Waals surface area contributed by atoms with Gasteiger partial charge in [0, 0.05) is 56.7 Å². The van der Waals surface area contributed by atoms with Crippen LogP contribution in [-0.4, -0.2) is 49.8 Å². The molecule has 132 valence electrons. The Balaban J connectivity index is 1.41. The van der Waals surface area contributed by atoms with Crippen molar-refractivity contribution in [1.82, 2.24) is 24.6 Å². The predicted octanol–water partition coefficient (Wildman–Crippen LogP) is 1.20. The van der Waals surface area contributed by atoms with Crippen LogP contribution in [0.1, 0.15) is 31.2 Å². The van der Waals surface area contributed by atoms with Crippen LogP contribution in [0.4, 0.5) is 5.82 Å². The molecule has 2 aromatic rings. The van der Waals surface area contributed by atoms with Crippen molar-refractivity contribution in [3.63, 3.8) is 0 Å². The number of rotatable bonds is 5. The first kappa shape index (κ1) is 16.2. The lowest BCUT2D eigenvalue weighted by Crippen LogP contribution is -2.46. The molecule has 2 aromatic heterocycles. The monoisotopic (exact) mass is 340 g/mol. The van der Waals surface area contributed by atoms with Crippen LogP contribution in [0.5, 0.6) is 0 Å². The van der Waals surface area contributed by atoms with E-state index in [2.05, 4.69) is 24.9 Å². The Labute approximate surface area is 147 Å². The third kappa shape index (κ3) is 3.56. The molecule has 1 aliphatic carbocycles. The summed E-state index contributed by atoms with van der Waals surface area (Å²) < 4.78 is 1.41. The summed E-state index contributed by atoms with van der Waals surface area (Å²) in [5.74, 6) is 1.05. The molecule has 0 spiro atoms. The Bertz CT molecular complexity index is 765. The van der Waals surface area contributed by atoms with Gasteiger partial charge in [0.2, 0.25) is 0 Å². The first-order valence-corrected chi connectivity index (χ1v) is 9.00. The Kier molecular flexibility index (Phi) is 4.48. The topological polar surface area (TPSA) is 67.2 Å². The van der Waals surface area contributed by atoms with Crippen molar-refractivity contribution in [2.75, 3.05) is 18.0 Å². The molecule has 3 heterocycles. The number of anilines is 1. The number of hydrogen-bond acceptors (Lipinski definition) is 6. The largest absolute Gasteiger partial charge is 0.350 e. The molecule has 7 nitrogen and oxygen atoms in total. The van der Waals surface area contributed by atoms with E-state index >= 15 is 0 Å². The van der Waals surface area contributed by atoms with Gasteiger partial charge >= 0.3 is 0 Å². The molecule has 0 amide bonds. The van der Waals surface area contributed by atoms with Crippen molar-refractivity contribution >= 4 is 5.82 Å². The quantitative estimate of drug-likeness (QED) is 0.815. The zero-order valence-corrected chi connectivity index (χ0v) is 14.6. The molecule has 25 heavy (non-hydrogen) atoms. The summed E-state index contributed by atoms with van der Waals surface area (Å²) in [5, 5.41) is 3.99. The van der Waals surface area contributed by atoms with E-state index in [1.165, 1.54) is 17.5 Å². The van der Waals surface area contributed by atoms with Gasteiger partial charge in [0.1, 0.15) is 12.1 Å². The summed E-state index contributed by atoms with van der Waals surface area (Å²) in [6, 6.07) is 5.02. The van der Waals surface area contributed by atoms with E-state index in [4.69, 9.17) is 0 Å². The van der Waals surface area contributed by atoms with E-state index < -0.39 is 0 Å². The van der Waals surface area contributed by atoms with Crippen LogP contribution in [-0.2, 0) is 13.6 Å². The second-order valence-electron chi connectivity index (χ2n) is 7.00. The number of hydrogen-bond donors (Lipinski definition) is 0. The van der Waals surface area contributed by atoms with Crippen molar-refractivity contribution in [3.05, 3.63) is 46.8 Å². The van der Waals surface area contributed by atoms with Gasteiger partial charge in [-0.05, 0) is 37.8 Å². The molecule has 0 aromatic carbocycles. The van der Waals surface area contributed by atoms with Gasteiger partial charge in [-0.15, -0.1) is 0 Å². The summed E-state index contributed by atoms with van der Waals surface area (Å²) in [5.41, 5.74) is 0.830. The van der Waals surface area contributed by atoms with Crippen LogP contribution < -0.4 is 10.5 Å². The van der Waals surface area contributed by atoms with E-state index in [1.54, 1.807) is 19.6 Å². The van der Waals surface area contributed by atoms with Crippen molar-refractivity contribution in [2.45, 2.75) is 44.3 Å². The van der Waals surface area contributed by atoms with Crippen molar-refractivity contribution in [3.8, 4) is 0 Å². The van der Waals surface area contributed by atoms with Gasteiger partial charge in [0.05, 0.1) is 0 Å². The lowest BCUT2D eigenvalue weighted by Gasteiger charge is -2.39. The maximum atomic E-state index is 12.1. The minimum absolute atomic E-state index is 0.00483. The number of aromatic nitrogens is 4. The normalized spacial score (nSPS) is 19.1. The van der Waals surface area contributed by atoms with Crippen LogP contribution in [0.15, 0.2) is 35.6 Å². The molecule has 4 rings (SSSR count). The SMILES string of the molecule is Cn1nccc(CN2CCC(N(c3ccncn3)C3CC3)CC2)c1=O. The highest BCUT2D eigenvalue weighted by molar-refractivity contribution is 5.41. The number of aryl methyl sites for hydroxylation is 1. The first-order valence-electron chi connectivity index (χ1n) is 9.00. The lowest BCUT2D eigenvalue weighted by atomic mass is 10.0. The molecule has 1 saturated carbocycles. The van der Waals surface area contributed by atoms with Crippen LogP contribution >= 0.6 is 0 Å². The average Bonchev–Trinajstić information content (AvgIpc) is 3.47. The Morgan fingerprint density at radius 2 is 1.88 bits per heavy atom. The second kappa shape index (κ2) is 6.92. The molecule has 0 atom stereocenters. The smallest absolute Gasteiger partial charge is 0.270 e. The van der Waals surface area contributed by atoms with E-state index in [9.17, 15) is 4.79 Å². The van der Waals surface area contributed by atoms with Crippen molar-refractivity contribution in [2.24, 2.45) is 7.05 Å². The van der Waals surface area contributed by atoms with Crippen LogP contribution in [0.2, 0.25) is 0 Å². The number of piperidine rings is 1. The van der Waals surface area contributed by atoms with Gasteiger partial charge < -0.3 is 4.90 Å². The Morgan fingerprint density at radius 3 is 2.56 bits per heavy atom. The van der Waals surface area contributed by atoms with E-state index in [1.807, 2.05) is 18.3 Å². The average molecular weight is 340 g/mol. The highest BCUT2D eigenvalue weighted by Crippen LogP contribution is 2.35. The molecule has 2 aliphatic rings. The molecule has 0 radical (unpaired) electrons. The maximum absolute atomic E-state index is 12.1. The van der Waals surface area contributed by atoms with Crippen LogP contribution in [0.3, 0.4) is 0 Å².